The van der Waals surface area contributed by atoms with Gasteiger partial charge in [0, 0.05) is 12.0 Å². The molecule has 0 saturated heterocycles. The minimum absolute atomic E-state index is 0.375. The Morgan fingerprint density at radius 3 is 2.29 bits per heavy atom. The van der Waals surface area contributed by atoms with Gasteiger partial charge in [-0.1, -0.05) is 41.4 Å². The van der Waals surface area contributed by atoms with E-state index in [9.17, 15) is 5.11 Å². The number of ether oxygens (including phenoxy) is 2. The molecule has 4 heteroatoms. The van der Waals surface area contributed by atoms with Crippen molar-refractivity contribution in [3.63, 3.8) is 0 Å². The second-order valence-corrected chi connectivity index (χ2v) is 5.29. The Morgan fingerprint density at radius 1 is 1.05 bits per heavy atom. The molecule has 0 aliphatic rings. The first-order valence-electron chi connectivity index (χ1n) is 6.70. The number of methoxy groups -OCH3 is 2. The van der Waals surface area contributed by atoms with Crippen LogP contribution in [0, 0.1) is 6.92 Å². The SMILES string of the molecule is COc1ccc(C(O)Cc2ccc(C)cc2)c(OC)c1Cl. The molecule has 3 nitrogen and oxygen atoms in total. The van der Waals surface area contributed by atoms with E-state index in [4.69, 9.17) is 21.1 Å². The van der Waals surface area contributed by atoms with Crippen molar-refractivity contribution in [3.8, 4) is 11.5 Å². The Bertz CT molecular complexity index is 608. The number of aryl methyl sites for hydroxylation is 1. The van der Waals surface area contributed by atoms with Gasteiger partial charge in [0.25, 0.3) is 0 Å². The number of hydrogen-bond acceptors (Lipinski definition) is 3. The Kier molecular flexibility index (Phi) is 5.10. The highest BCUT2D eigenvalue weighted by Crippen LogP contribution is 2.40. The number of aliphatic hydroxyl groups is 1. The topological polar surface area (TPSA) is 38.7 Å². The fraction of sp³-hybridized carbons (Fsp3) is 0.294. The van der Waals surface area contributed by atoms with Crippen LogP contribution in [0.15, 0.2) is 36.4 Å². The summed E-state index contributed by atoms with van der Waals surface area (Å²) in [6.07, 6.45) is -0.190. The lowest BCUT2D eigenvalue weighted by molar-refractivity contribution is 0.174. The zero-order valence-electron chi connectivity index (χ0n) is 12.4. The molecule has 0 heterocycles. The van der Waals surface area contributed by atoms with E-state index in [1.165, 1.54) is 12.7 Å². The van der Waals surface area contributed by atoms with Crippen molar-refractivity contribution in [1.82, 2.24) is 0 Å². The summed E-state index contributed by atoms with van der Waals surface area (Å²) in [6, 6.07) is 11.6. The van der Waals surface area contributed by atoms with Crippen molar-refractivity contribution in [2.24, 2.45) is 0 Å². The van der Waals surface area contributed by atoms with Crippen molar-refractivity contribution < 1.29 is 14.6 Å². The van der Waals surface area contributed by atoms with Crippen LogP contribution in [0.2, 0.25) is 5.02 Å². The first-order valence-corrected chi connectivity index (χ1v) is 7.08. The van der Waals surface area contributed by atoms with E-state index in [1.54, 1.807) is 19.2 Å². The summed E-state index contributed by atoms with van der Waals surface area (Å²) < 4.78 is 10.5. The van der Waals surface area contributed by atoms with Crippen molar-refractivity contribution in [2.75, 3.05) is 14.2 Å². The maximum atomic E-state index is 10.5. The smallest absolute Gasteiger partial charge is 0.147 e. The summed E-state index contributed by atoms with van der Waals surface area (Å²) in [7, 11) is 3.08. The van der Waals surface area contributed by atoms with Crippen LogP contribution >= 0.6 is 11.6 Å². The number of halogens is 1. The standard InChI is InChI=1S/C17H19ClO3/c1-11-4-6-12(7-5-11)10-14(19)13-8-9-15(20-2)16(18)17(13)21-3/h4-9,14,19H,10H2,1-3H3. The lowest BCUT2D eigenvalue weighted by Crippen LogP contribution is -2.05. The summed E-state index contributed by atoms with van der Waals surface area (Å²) >= 11 is 6.22. The molecule has 1 unspecified atom stereocenters. The van der Waals surface area contributed by atoms with E-state index < -0.39 is 6.10 Å². The molecule has 0 spiro atoms. The molecule has 2 rings (SSSR count). The highest BCUT2D eigenvalue weighted by Gasteiger charge is 2.19. The lowest BCUT2D eigenvalue weighted by atomic mass is 9.99. The summed E-state index contributed by atoms with van der Waals surface area (Å²) in [5.41, 5.74) is 2.91. The van der Waals surface area contributed by atoms with E-state index in [0.717, 1.165) is 5.56 Å². The van der Waals surface area contributed by atoms with Gasteiger partial charge in [0.15, 0.2) is 0 Å². The lowest BCUT2D eigenvalue weighted by Gasteiger charge is -2.17. The van der Waals surface area contributed by atoms with Gasteiger partial charge in [0.1, 0.15) is 16.5 Å². The van der Waals surface area contributed by atoms with Gasteiger partial charge in [-0.2, -0.15) is 0 Å². The second kappa shape index (κ2) is 6.83. The zero-order chi connectivity index (χ0) is 15.4. The normalized spacial score (nSPS) is 12.0. The van der Waals surface area contributed by atoms with Gasteiger partial charge in [-0.05, 0) is 24.6 Å². The summed E-state index contributed by atoms with van der Waals surface area (Å²) in [4.78, 5) is 0. The first kappa shape index (κ1) is 15.7. The zero-order valence-corrected chi connectivity index (χ0v) is 13.1. The predicted molar refractivity (Wildman–Crippen MR) is 84.4 cm³/mol. The minimum atomic E-state index is -0.689. The monoisotopic (exact) mass is 306 g/mol. The van der Waals surface area contributed by atoms with Crippen molar-refractivity contribution in [2.45, 2.75) is 19.4 Å². The molecule has 2 aromatic carbocycles. The molecule has 2 aromatic rings. The number of benzene rings is 2. The molecule has 112 valence electrons. The van der Waals surface area contributed by atoms with Gasteiger partial charge in [-0.15, -0.1) is 0 Å². The maximum absolute atomic E-state index is 10.5. The van der Waals surface area contributed by atoms with Crippen molar-refractivity contribution >= 4 is 11.6 Å². The average molecular weight is 307 g/mol. The first-order chi connectivity index (χ1) is 10.1. The fourth-order valence-corrected chi connectivity index (χ4v) is 2.56. The van der Waals surface area contributed by atoms with Gasteiger partial charge >= 0.3 is 0 Å². The second-order valence-electron chi connectivity index (χ2n) is 4.91. The quantitative estimate of drug-likeness (QED) is 0.909. The highest BCUT2D eigenvalue weighted by atomic mass is 35.5. The number of rotatable bonds is 5. The molecule has 0 fully saturated rings. The van der Waals surface area contributed by atoms with E-state index in [1.807, 2.05) is 31.2 Å². The third kappa shape index (κ3) is 3.49. The molecular weight excluding hydrogens is 288 g/mol. The van der Waals surface area contributed by atoms with Gasteiger partial charge in [0.2, 0.25) is 0 Å². The fourth-order valence-electron chi connectivity index (χ4n) is 2.24. The largest absolute Gasteiger partial charge is 0.495 e. The molecule has 0 amide bonds. The molecule has 0 saturated carbocycles. The van der Waals surface area contributed by atoms with Crippen LogP contribution in [0.3, 0.4) is 0 Å². The van der Waals surface area contributed by atoms with Crippen LogP contribution in [0.25, 0.3) is 0 Å². The van der Waals surface area contributed by atoms with Crippen LogP contribution in [0.1, 0.15) is 22.8 Å². The predicted octanol–water partition coefficient (Wildman–Crippen LogP) is 3.94. The summed E-state index contributed by atoms with van der Waals surface area (Å²) in [5.74, 6) is 0.982. The van der Waals surface area contributed by atoms with E-state index in [-0.39, 0.29) is 0 Å². The van der Waals surface area contributed by atoms with E-state index in [0.29, 0.717) is 28.5 Å². The van der Waals surface area contributed by atoms with Crippen LogP contribution in [-0.4, -0.2) is 19.3 Å². The van der Waals surface area contributed by atoms with Crippen LogP contribution in [-0.2, 0) is 6.42 Å². The molecule has 1 N–H and O–H groups in total. The van der Waals surface area contributed by atoms with Crippen LogP contribution < -0.4 is 9.47 Å². The van der Waals surface area contributed by atoms with Gasteiger partial charge in [-0.3, -0.25) is 0 Å². The Balaban J connectivity index is 2.28. The molecule has 0 radical (unpaired) electrons. The van der Waals surface area contributed by atoms with E-state index in [2.05, 4.69) is 0 Å². The molecule has 1 atom stereocenters. The summed E-state index contributed by atoms with van der Waals surface area (Å²) in [5, 5.41) is 10.8. The number of hydrogen-bond donors (Lipinski definition) is 1. The Hall–Kier alpha value is -1.71. The molecule has 0 bridgehead atoms. The average Bonchev–Trinajstić information content (AvgIpc) is 2.49. The van der Waals surface area contributed by atoms with E-state index >= 15 is 0 Å². The maximum Gasteiger partial charge on any atom is 0.147 e. The molecule has 21 heavy (non-hydrogen) atoms. The summed E-state index contributed by atoms with van der Waals surface area (Å²) in [6.45, 7) is 2.03. The van der Waals surface area contributed by atoms with Crippen molar-refractivity contribution in [1.29, 1.82) is 0 Å². The third-order valence-corrected chi connectivity index (χ3v) is 3.78. The molecule has 0 aromatic heterocycles. The van der Waals surface area contributed by atoms with Gasteiger partial charge in [-0.25, -0.2) is 0 Å². The third-order valence-electron chi connectivity index (χ3n) is 3.42. The molecule has 0 aliphatic carbocycles. The molecule has 0 aliphatic heterocycles. The minimum Gasteiger partial charge on any atom is -0.495 e. The number of aliphatic hydroxyl groups excluding tert-OH is 1. The highest BCUT2D eigenvalue weighted by molar-refractivity contribution is 6.33. The van der Waals surface area contributed by atoms with Gasteiger partial charge in [0.05, 0.1) is 20.3 Å². The Labute approximate surface area is 130 Å². The molecular formula is C17H19ClO3. The van der Waals surface area contributed by atoms with Crippen LogP contribution in [0.4, 0.5) is 0 Å². The van der Waals surface area contributed by atoms with Crippen LogP contribution in [0.5, 0.6) is 11.5 Å². The van der Waals surface area contributed by atoms with Gasteiger partial charge < -0.3 is 14.6 Å². The Morgan fingerprint density at radius 2 is 1.71 bits per heavy atom. The van der Waals surface area contributed by atoms with Crippen molar-refractivity contribution in [3.05, 3.63) is 58.1 Å².